The largest absolute Gasteiger partial charge is 0.302 e. The van der Waals surface area contributed by atoms with E-state index in [0.29, 0.717) is 0 Å². The van der Waals surface area contributed by atoms with E-state index in [1.54, 1.807) is 0 Å². The maximum absolute atomic E-state index is 9.03. The van der Waals surface area contributed by atoms with Crippen LogP contribution in [0.4, 0.5) is 0 Å². The standard InChI is InChI=1S/C11H21N3/c1-10-4-6-14(7-5-10)9-11(2,8-12)13-3/h10,13H,4-7,9H2,1-3H3. The van der Waals surface area contributed by atoms with Crippen molar-refractivity contribution in [3.63, 3.8) is 0 Å². The Bertz CT molecular complexity index is 213. The number of hydrogen-bond donors (Lipinski definition) is 1. The van der Waals surface area contributed by atoms with E-state index in [2.05, 4.69) is 23.2 Å². The van der Waals surface area contributed by atoms with E-state index >= 15 is 0 Å². The van der Waals surface area contributed by atoms with E-state index in [-0.39, 0.29) is 5.54 Å². The van der Waals surface area contributed by atoms with Gasteiger partial charge in [0.05, 0.1) is 6.07 Å². The normalized spacial score (nSPS) is 24.1. The Morgan fingerprint density at radius 2 is 2.07 bits per heavy atom. The predicted octanol–water partition coefficient (Wildman–Crippen LogP) is 1.22. The molecule has 0 aromatic carbocycles. The summed E-state index contributed by atoms with van der Waals surface area (Å²) >= 11 is 0. The molecule has 0 aliphatic carbocycles. The van der Waals surface area contributed by atoms with Gasteiger partial charge in [-0.25, -0.2) is 0 Å². The smallest absolute Gasteiger partial charge is 0.116 e. The van der Waals surface area contributed by atoms with Gasteiger partial charge in [-0.3, -0.25) is 0 Å². The fourth-order valence-electron chi connectivity index (χ4n) is 1.84. The summed E-state index contributed by atoms with van der Waals surface area (Å²) < 4.78 is 0. The topological polar surface area (TPSA) is 39.1 Å². The highest BCUT2D eigenvalue weighted by Crippen LogP contribution is 2.17. The number of hydrogen-bond acceptors (Lipinski definition) is 3. The van der Waals surface area contributed by atoms with Gasteiger partial charge in [0.2, 0.25) is 0 Å². The van der Waals surface area contributed by atoms with E-state index in [0.717, 1.165) is 25.6 Å². The van der Waals surface area contributed by atoms with Gasteiger partial charge < -0.3 is 10.2 Å². The summed E-state index contributed by atoms with van der Waals surface area (Å²) in [4.78, 5) is 2.39. The fraction of sp³-hybridized carbons (Fsp3) is 0.909. The first-order chi connectivity index (χ1) is 6.59. The first-order valence-corrected chi connectivity index (χ1v) is 5.42. The van der Waals surface area contributed by atoms with Crippen molar-refractivity contribution in [2.75, 3.05) is 26.7 Å². The molecule has 1 unspecified atom stereocenters. The lowest BCUT2D eigenvalue weighted by Gasteiger charge is -2.34. The summed E-state index contributed by atoms with van der Waals surface area (Å²) in [7, 11) is 1.86. The molecule has 0 bridgehead atoms. The number of rotatable bonds is 3. The van der Waals surface area contributed by atoms with Gasteiger partial charge in [0.25, 0.3) is 0 Å². The van der Waals surface area contributed by atoms with Gasteiger partial charge in [-0.2, -0.15) is 5.26 Å². The van der Waals surface area contributed by atoms with Crippen LogP contribution in [-0.4, -0.2) is 37.1 Å². The Balaban J connectivity index is 2.41. The number of nitrogens with zero attached hydrogens (tertiary/aromatic N) is 2. The highest BCUT2D eigenvalue weighted by Gasteiger charge is 2.26. The Labute approximate surface area is 87.1 Å². The summed E-state index contributed by atoms with van der Waals surface area (Å²) in [5.41, 5.74) is -0.388. The van der Waals surface area contributed by atoms with Crippen LogP contribution in [0.3, 0.4) is 0 Å². The van der Waals surface area contributed by atoms with Crippen molar-refractivity contribution in [2.45, 2.75) is 32.2 Å². The number of nitrogens with one attached hydrogen (secondary N) is 1. The second-order valence-electron chi connectivity index (χ2n) is 4.65. The zero-order chi connectivity index (χ0) is 10.6. The molecule has 1 heterocycles. The Hall–Kier alpha value is -0.590. The first-order valence-electron chi connectivity index (χ1n) is 5.42. The molecule has 1 N–H and O–H groups in total. The zero-order valence-corrected chi connectivity index (χ0v) is 9.51. The molecule has 0 aromatic heterocycles. The second-order valence-corrected chi connectivity index (χ2v) is 4.65. The van der Waals surface area contributed by atoms with Crippen molar-refractivity contribution in [1.29, 1.82) is 5.26 Å². The summed E-state index contributed by atoms with van der Waals surface area (Å²) in [6, 6.07) is 2.33. The molecule has 1 atom stereocenters. The predicted molar refractivity (Wildman–Crippen MR) is 57.9 cm³/mol. The second kappa shape index (κ2) is 4.77. The van der Waals surface area contributed by atoms with Crippen LogP contribution < -0.4 is 5.32 Å². The average Bonchev–Trinajstić information content (AvgIpc) is 2.21. The summed E-state index contributed by atoms with van der Waals surface area (Å²) in [6.45, 7) is 7.39. The fourth-order valence-corrected chi connectivity index (χ4v) is 1.84. The van der Waals surface area contributed by atoms with E-state index in [1.807, 2.05) is 14.0 Å². The number of nitriles is 1. The molecule has 80 valence electrons. The molecule has 1 aliphatic heterocycles. The van der Waals surface area contributed by atoms with Gasteiger partial charge in [0.15, 0.2) is 0 Å². The van der Waals surface area contributed by atoms with Crippen molar-refractivity contribution in [3.05, 3.63) is 0 Å². The van der Waals surface area contributed by atoms with E-state index in [4.69, 9.17) is 5.26 Å². The average molecular weight is 195 g/mol. The lowest BCUT2D eigenvalue weighted by molar-refractivity contribution is 0.164. The number of likely N-dealkylation sites (N-methyl/N-ethyl adjacent to an activating group) is 1. The lowest BCUT2D eigenvalue weighted by Crippen LogP contribution is -2.50. The number of likely N-dealkylation sites (tertiary alicyclic amines) is 1. The molecule has 3 heteroatoms. The van der Waals surface area contributed by atoms with Crippen LogP contribution in [0.15, 0.2) is 0 Å². The minimum atomic E-state index is -0.388. The monoisotopic (exact) mass is 195 g/mol. The molecule has 1 aliphatic rings. The SMILES string of the molecule is CNC(C)(C#N)CN1CCC(C)CC1. The molecule has 1 rings (SSSR count). The van der Waals surface area contributed by atoms with Crippen molar-refractivity contribution in [1.82, 2.24) is 10.2 Å². The molecular weight excluding hydrogens is 174 g/mol. The number of piperidine rings is 1. The lowest BCUT2D eigenvalue weighted by atomic mass is 9.96. The van der Waals surface area contributed by atoms with Crippen molar-refractivity contribution in [3.8, 4) is 6.07 Å². The third kappa shape index (κ3) is 2.97. The van der Waals surface area contributed by atoms with Gasteiger partial charge in [0.1, 0.15) is 5.54 Å². The Morgan fingerprint density at radius 1 is 1.50 bits per heavy atom. The van der Waals surface area contributed by atoms with Crippen LogP contribution in [0.2, 0.25) is 0 Å². The minimum absolute atomic E-state index is 0.388. The van der Waals surface area contributed by atoms with E-state index < -0.39 is 0 Å². The third-order valence-corrected chi connectivity index (χ3v) is 3.21. The van der Waals surface area contributed by atoms with Crippen LogP contribution in [0.1, 0.15) is 26.7 Å². The van der Waals surface area contributed by atoms with E-state index in [9.17, 15) is 0 Å². The van der Waals surface area contributed by atoms with E-state index in [1.165, 1.54) is 12.8 Å². The maximum atomic E-state index is 9.03. The first kappa shape index (κ1) is 11.5. The van der Waals surface area contributed by atoms with Crippen molar-refractivity contribution in [2.24, 2.45) is 5.92 Å². The van der Waals surface area contributed by atoms with Crippen LogP contribution in [0.5, 0.6) is 0 Å². The minimum Gasteiger partial charge on any atom is -0.302 e. The van der Waals surface area contributed by atoms with Gasteiger partial charge in [-0.1, -0.05) is 6.92 Å². The molecule has 0 amide bonds. The molecule has 0 aromatic rings. The van der Waals surface area contributed by atoms with Crippen LogP contribution in [0, 0.1) is 17.2 Å². The van der Waals surface area contributed by atoms with Crippen LogP contribution in [-0.2, 0) is 0 Å². The molecular formula is C11H21N3. The molecule has 0 radical (unpaired) electrons. The van der Waals surface area contributed by atoms with Gasteiger partial charge >= 0.3 is 0 Å². The van der Waals surface area contributed by atoms with Crippen LogP contribution in [0.25, 0.3) is 0 Å². The summed E-state index contributed by atoms with van der Waals surface area (Å²) in [5, 5.41) is 12.1. The van der Waals surface area contributed by atoms with Gasteiger partial charge in [-0.15, -0.1) is 0 Å². The molecule has 14 heavy (non-hydrogen) atoms. The highest BCUT2D eigenvalue weighted by molar-refractivity contribution is 5.05. The Kier molecular flexibility index (Phi) is 3.91. The Morgan fingerprint density at radius 3 is 2.50 bits per heavy atom. The molecule has 0 spiro atoms. The summed E-state index contributed by atoms with van der Waals surface area (Å²) in [5.74, 6) is 0.856. The van der Waals surface area contributed by atoms with Crippen LogP contribution >= 0.6 is 0 Å². The molecule has 1 fully saturated rings. The van der Waals surface area contributed by atoms with Gasteiger partial charge in [0, 0.05) is 6.54 Å². The maximum Gasteiger partial charge on any atom is 0.116 e. The zero-order valence-electron chi connectivity index (χ0n) is 9.51. The molecule has 0 saturated carbocycles. The quantitative estimate of drug-likeness (QED) is 0.736. The molecule has 1 saturated heterocycles. The van der Waals surface area contributed by atoms with Gasteiger partial charge in [-0.05, 0) is 45.8 Å². The van der Waals surface area contributed by atoms with Crippen molar-refractivity contribution >= 4 is 0 Å². The van der Waals surface area contributed by atoms with Crippen molar-refractivity contribution < 1.29 is 0 Å². The highest BCUT2D eigenvalue weighted by atomic mass is 15.2. The third-order valence-electron chi connectivity index (χ3n) is 3.21. The molecule has 3 nitrogen and oxygen atoms in total. The summed E-state index contributed by atoms with van der Waals surface area (Å²) in [6.07, 6.45) is 2.54.